The highest BCUT2D eigenvalue weighted by Gasteiger charge is 2.09. The largest absolute Gasteiger partial charge is 0.504 e. The fraction of sp³-hybridized carbons (Fsp3) is 0.125. The summed E-state index contributed by atoms with van der Waals surface area (Å²) in [4.78, 5) is 11.8. The number of carbonyl (C=O) groups is 1. The van der Waals surface area contributed by atoms with Gasteiger partial charge in [0.05, 0.1) is 12.8 Å². The highest BCUT2D eigenvalue weighted by Crippen LogP contribution is 2.32. The zero-order valence-corrected chi connectivity index (χ0v) is 13.8. The maximum Gasteiger partial charge on any atom is 0.271 e. The minimum absolute atomic E-state index is 0.0742. The van der Waals surface area contributed by atoms with Crippen LogP contribution in [0.1, 0.15) is 22.8 Å². The van der Waals surface area contributed by atoms with Gasteiger partial charge in [0.25, 0.3) is 5.91 Å². The second-order valence-corrected chi connectivity index (χ2v) is 5.40. The molecule has 0 saturated carbocycles. The molecule has 0 aliphatic rings. The molecule has 2 aromatic carbocycles. The van der Waals surface area contributed by atoms with Gasteiger partial charge in [-0.3, -0.25) is 4.79 Å². The van der Waals surface area contributed by atoms with Crippen molar-refractivity contribution in [3.63, 3.8) is 0 Å². The molecule has 0 bridgehead atoms. The van der Waals surface area contributed by atoms with E-state index in [4.69, 9.17) is 4.74 Å². The van der Waals surface area contributed by atoms with Gasteiger partial charge in [-0.15, -0.1) is 0 Å². The average Bonchev–Trinajstić information content (AvgIpc) is 2.52. The quantitative estimate of drug-likeness (QED) is 0.616. The molecule has 0 heterocycles. The number of hydrogen-bond donors (Lipinski definition) is 2. The number of aromatic hydroxyl groups is 1. The number of rotatable bonds is 5. The monoisotopic (exact) mass is 380 g/mol. The number of amides is 1. The van der Waals surface area contributed by atoms with Gasteiger partial charge in [-0.2, -0.15) is 5.10 Å². The SMILES string of the molecule is CCOc1cc(Br)cc(C=NNC(=O)c2ccc(F)cc2)c1O. The van der Waals surface area contributed by atoms with Crippen molar-refractivity contribution >= 4 is 28.1 Å². The Hall–Kier alpha value is -2.41. The van der Waals surface area contributed by atoms with E-state index in [1.807, 2.05) is 0 Å². The first-order valence-electron chi connectivity index (χ1n) is 6.75. The predicted molar refractivity (Wildman–Crippen MR) is 88.4 cm³/mol. The normalized spacial score (nSPS) is 10.7. The summed E-state index contributed by atoms with van der Waals surface area (Å²) < 4.78 is 18.8. The van der Waals surface area contributed by atoms with Crippen LogP contribution in [0.25, 0.3) is 0 Å². The zero-order valence-electron chi connectivity index (χ0n) is 12.2. The molecule has 7 heteroatoms. The Labute approximate surface area is 140 Å². The first-order valence-corrected chi connectivity index (χ1v) is 7.55. The third-order valence-corrected chi connectivity index (χ3v) is 3.30. The van der Waals surface area contributed by atoms with Crippen molar-refractivity contribution in [1.82, 2.24) is 5.43 Å². The van der Waals surface area contributed by atoms with Crippen molar-refractivity contribution in [2.75, 3.05) is 6.61 Å². The van der Waals surface area contributed by atoms with Gasteiger partial charge in [-0.25, -0.2) is 9.82 Å². The number of ether oxygens (including phenoxy) is 1. The lowest BCUT2D eigenvalue weighted by molar-refractivity contribution is 0.0955. The third kappa shape index (κ3) is 4.53. The molecule has 0 aliphatic heterocycles. The number of phenols is 1. The van der Waals surface area contributed by atoms with Crippen LogP contribution in [0, 0.1) is 5.82 Å². The van der Waals surface area contributed by atoms with Gasteiger partial charge >= 0.3 is 0 Å². The van der Waals surface area contributed by atoms with Crippen LogP contribution < -0.4 is 10.2 Å². The van der Waals surface area contributed by atoms with E-state index in [1.54, 1.807) is 19.1 Å². The number of nitrogens with zero attached hydrogens (tertiary/aromatic N) is 1. The Balaban J connectivity index is 2.11. The second kappa shape index (κ2) is 7.73. The molecule has 0 saturated heterocycles. The molecule has 0 unspecified atom stereocenters. The van der Waals surface area contributed by atoms with E-state index in [9.17, 15) is 14.3 Å². The molecule has 2 aromatic rings. The van der Waals surface area contributed by atoms with Crippen LogP contribution >= 0.6 is 15.9 Å². The molecule has 2 rings (SSSR count). The molecule has 5 nitrogen and oxygen atoms in total. The van der Waals surface area contributed by atoms with Gasteiger partial charge < -0.3 is 9.84 Å². The summed E-state index contributed by atoms with van der Waals surface area (Å²) in [6.45, 7) is 2.21. The van der Waals surface area contributed by atoms with Crippen molar-refractivity contribution in [3.05, 3.63) is 57.8 Å². The smallest absolute Gasteiger partial charge is 0.271 e. The fourth-order valence-corrected chi connectivity index (χ4v) is 2.24. The molecule has 0 radical (unpaired) electrons. The summed E-state index contributed by atoms with van der Waals surface area (Å²) in [5.41, 5.74) is 2.96. The van der Waals surface area contributed by atoms with E-state index in [0.717, 1.165) is 0 Å². The molecule has 0 atom stereocenters. The first-order chi connectivity index (χ1) is 11.0. The molecule has 0 fully saturated rings. The second-order valence-electron chi connectivity index (χ2n) is 4.48. The molecule has 23 heavy (non-hydrogen) atoms. The number of halogens is 2. The summed E-state index contributed by atoms with van der Waals surface area (Å²) in [7, 11) is 0. The predicted octanol–water partition coefficient (Wildman–Crippen LogP) is 3.46. The van der Waals surface area contributed by atoms with E-state index in [-0.39, 0.29) is 11.3 Å². The minimum Gasteiger partial charge on any atom is -0.504 e. The Bertz CT molecular complexity index is 733. The van der Waals surface area contributed by atoms with Crippen LogP contribution in [0.5, 0.6) is 11.5 Å². The number of benzene rings is 2. The summed E-state index contributed by atoms with van der Waals surface area (Å²) in [6.07, 6.45) is 1.30. The Morgan fingerprint density at radius 2 is 2.09 bits per heavy atom. The number of carbonyl (C=O) groups excluding carboxylic acids is 1. The van der Waals surface area contributed by atoms with Crippen LogP contribution in [0.4, 0.5) is 4.39 Å². The maximum absolute atomic E-state index is 12.8. The lowest BCUT2D eigenvalue weighted by atomic mass is 10.2. The maximum atomic E-state index is 12.8. The molecule has 0 aromatic heterocycles. The molecule has 1 amide bonds. The van der Waals surface area contributed by atoms with E-state index in [2.05, 4.69) is 26.5 Å². The van der Waals surface area contributed by atoms with Gasteiger partial charge in [-0.1, -0.05) is 15.9 Å². The fourth-order valence-electron chi connectivity index (χ4n) is 1.78. The van der Waals surface area contributed by atoms with E-state index in [0.29, 0.717) is 22.4 Å². The molecule has 120 valence electrons. The highest BCUT2D eigenvalue weighted by molar-refractivity contribution is 9.10. The van der Waals surface area contributed by atoms with Gasteiger partial charge in [-0.05, 0) is 43.3 Å². The van der Waals surface area contributed by atoms with Crippen LogP contribution in [-0.4, -0.2) is 23.8 Å². The summed E-state index contributed by atoms with van der Waals surface area (Å²) >= 11 is 3.31. The summed E-state index contributed by atoms with van der Waals surface area (Å²) in [5, 5.41) is 13.9. The zero-order chi connectivity index (χ0) is 16.8. The van der Waals surface area contributed by atoms with Gasteiger partial charge in [0, 0.05) is 15.6 Å². The van der Waals surface area contributed by atoms with Gasteiger partial charge in [0.2, 0.25) is 0 Å². The first kappa shape index (κ1) is 17.0. The van der Waals surface area contributed by atoms with Crippen LogP contribution in [0.3, 0.4) is 0 Å². The van der Waals surface area contributed by atoms with E-state index in [1.165, 1.54) is 30.5 Å². The number of hydrazone groups is 1. The van der Waals surface area contributed by atoms with Crippen molar-refractivity contribution in [3.8, 4) is 11.5 Å². The van der Waals surface area contributed by atoms with Crippen molar-refractivity contribution < 1.29 is 19.0 Å². The highest BCUT2D eigenvalue weighted by atomic mass is 79.9. The average molecular weight is 381 g/mol. The standard InChI is InChI=1S/C16H14BrFN2O3/c1-2-23-14-8-12(17)7-11(15(14)21)9-19-20-16(22)10-3-5-13(18)6-4-10/h3-9,21H,2H2,1H3,(H,20,22). The van der Waals surface area contributed by atoms with Crippen molar-refractivity contribution in [2.24, 2.45) is 5.10 Å². The van der Waals surface area contributed by atoms with Crippen molar-refractivity contribution in [1.29, 1.82) is 0 Å². The Kier molecular flexibility index (Phi) is 5.70. The minimum atomic E-state index is -0.485. The molecular formula is C16H14BrFN2O3. The van der Waals surface area contributed by atoms with Crippen molar-refractivity contribution in [2.45, 2.75) is 6.92 Å². The van der Waals surface area contributed by atoms with Crippen LogP contribution in [0.15, 0.2) is 46.0 Å². The number of phenolic OH excluding ortho intramolecular Hbond substituents is 1. The van der Waals surface area contributed by atoms with Gasteiger partial charge in [0.1, 0.15) is 5.82 Å². The Morgan fingerprint density at radius 1 is 1.39 bits per heavy atom. The lowest BCUT2D eigenvalue weighted by Crippen LogP contribution is -2.17. The van der Waals surface area contributed by atoms with Crippen LogP contribution in [-0.2, 0) is 0 Å². The molecule has 2 N–H and O–H groups in total. The summed E-state index contributed by atoms with van der Waals surface area (Å²) in [5.74, 6) is -0.670. The number of hydrogen-bond acceptors (Lipinski definition) is 4. The third-order valence-electron chi connectivity index (χ3n) is 2.85. The van der Waals surface area contributed by atoms with Crippen LogP contribution in [0.2, 0.25) is 0 Å². The molecular weight excluding hydrogens is 367 g/mol. The Morgan fingerprint density at radius 3 is 2.74 bits per heavy atom. The van der Waals surface area contributed by atoms with E-state index < -0.39 is 11.7 Å². The molecule has 0 aliphatic carbocycles. The molecule has 0 spiro atoms. The summed E-state index contributed by atoms with van der Waals surface area (Å²) in [6, 6.07) is 8.34. The van der Waals surface area contributed by atoms with E-state index >= 15 is 0 Å². The topological polar surface area (TPSA) is 70.9 Å². The lowest BCUT2D eigenvalue weighted by Gasteiger charge is -2.08. The van der Waals surface area contributed by atoms with Gasteiger partial charge in [0.15, 0.2) is 11.5 Å². The number of nitrogens with one attached hydrogen (secondary N) is 1.